The number of ether oxygens (including phenoxy) is 1. The Morgan fingerprint density at radius 2 is 2.23 bits per heavy atom. The van der Waals surface area contributed by atoms with Gasteiger partial charge in [-0.15, -0.1) is 0 Å². The minimum Gasteiger partial charge on any atom is -0.493 e. The summed E-state index contributed by atoms with van der Waals surface area (Å²) in [5.74, 6) is 0.963. The highest BCUT2D eigenvalue weighted by molar-refractivity contribution is 5.75. The third-order valence-electron chi connectivity index (χ3n) is 3.64. The molecule has 0 saturated carbocycles. The number of amides is 1. The highest BCUT2D eigenvalue weighted by Crippen LogP contribution is 2.26. The molecule has 1 N–H and O–H groups in total. The van der Waals surface area contributed by atoms with E-state index in [0.29, 0.717) is 13.2 Å². The number of hydrogen-bond donors (Lipinski definition) is 1. The molecule has 2 heterocycles. The number of carbonyl (C=O) groups is 1. The van der Waals surface area contributed by atoms with Gasteiger partial charge in [-0.25, -0.2) is 9.78 Å². The SMILES string of the molecule is O=C(Cn1cccnc1=O)NCC1COc2ccccc2C1. The normalized spacial score (nSPS) is 16.5. The van der Waals surface area contributed by atoms with E-state index >= 15 is 0 Å². The van der Waals surface area contributed by atoms with Crippen LogP contribution in [-0.2, 0) is 17.8 Å². The highest BCUT2D eigenvalue weighted by atomic mass is 16.5. The molecule has 6 nitrogen and oxygen atoms in total. The van der Waals surface area contributed by atoms with Crippen LogP contribution in [0.25, 0.3) is 0 Å². The molecule has 6 heteroatoms. The second-order valence-electron chi connectivity index (χ2n) is 5.32. The molecular weight excluding hydrogens is 282 g/mol. The number of para-hydroxylation sites is 1. The molecule has 0 radical (unpaired) electrons. The zero-order valence-corrected chi connectivity index (χ0v) is 12.1. The van der Waals surface area contributed by atoms with Crippen LogP contribution < -0.4 is 15.7 Å². The van der Waals surface area contributed by atoms with Crippen LogP contribution >= 0.6 is 0 Å². The first-order chi connectivity index (χ1) is 10.7. The summed E-state index contributed by atoms with van der Waals surface area (Å²) in [5.41, 5.74) is 0.740. The molecule has 0 fully saturated rings. The van der Waals surface area contributed by atoms with Gasteiger partial charge in [-0.1, -0.05) is 18.2 Å². The summed E-state index contributed by atoms with van der Waals surface area (Å²) in [7, 11) is 0. The van der Waals surface area contributed by atoms with Gasteiger partial charge in [0.1, 0.15) is 12.3 Å². The molecule has 1 unspecified atom stereocenters. The van der Waals surface area contributed by atoms with Crippen LogP contribution in [0.5, 0.6) is 5.75 Å². The van der Waals surface area contributed by atoms with Crippen molar-refractivity contribution in [1.29, 1.82) is 0 Å². The van der Waals surface area contributed by atoms with Crippen molar-refractivity contribution in [3.8, 4) is 5.75 Å². The Hall–Kier alpha value is -2.63. The van der Waals surface area contributed by atoms with Crippen molar-refractivity contribution in [2.75, 3.05) is 13.2 Å². The van der Waals surface area contributed by atoms with Gasteiger partial charge >= 0.3 is 5.69 Å². The van der Waals surface area contributed by atoms with Gasteiger partial charge < -0.3 is 10.1 Å². The van der Waals surface area contributed by atoms with Gasteiger partial charge in [0.25, 0.3) is 0 Å². The first-order valence-electron chi connectivity index (χ1n) is 7.21. The summed E-state index contributed by atoms with van der Waals surface area (Å²) >= 11 is 0. The largest absolute Gasteiger partial charge is 0.493 e. The molecule has 22 heavy (non-hydrogen) atoms. The van der Waals surface area contributed by atoms with Crippen LogP contribution in [0, 0.1) is 5.92 Å². The van der Waals surface area contributed by atoms with Crippen molar-refractivity contribution in [2.24, 2.45) is 5.92 Å². The van der Waals surface area contributed by atoms with E-state index in [-0.39, 0.29) is 18.4 Å². The fourth-order valence-corrected chi connectivity index (χ4v) is 2.50. The monoisotopic (exact) mass is 299 g/mol. The lowest BCUT2D eigenvalue weighted by Crippen LogP contribution is -2.38. The summed E-state index contributed by atoms with van der Waals surface area (Å²) in [6.07, 6.45) is 3.84. The first kappa shape index (κ1) is 14.3. The van der Waals surface area contributed by atoms with E-state index in [0.717, 1.165) is 17.7 Å². The number of nitrogens with one attached hydrogen (secondary N) is 1. The lowest BCUT2D eigenvalue weighted by Gasteiger charge is -2.25. The van der Waals surface area contributed by atoms with Crippen LogP contribution in [0.2, 0.25) is 0 Å². The number of benzene rings is 1. The molecule has 114 valence electrons. The number of nitrogens with zero attached hydrogens (tertiary/aromatic N) is 2. The number of aromatic nitrogens is 2. The average Bonchev–Trinajstić information content (AvgIpc) is 2.55. The molecule has 2 aromatic rings. The maximum absolute atomic E-state index is 11.9. The van der Waals surface area contributed by atoms with Crippen molar-refractivity contribution in [3.63, 3.8) is 0 Å². The van der Waals surface area contributed by atoms with Crippen LogP contribution in [0.1, 0.15) is 5.56 Å². The zero-order valence-electron chi connectivity index (χ0n) is 12.1. The van der Waals surface area contributed by atoms with Crippen molar-refractivity contribution in [2.45, 2.75) is 13.0 Å². The van der Waals surface area contributed by atoms with Gasteiger partial charge in [0, 0.05) is 24.9 Å². The summed E-state index contributed by atoms with van der Waals surface area (Å²) in [4.78, 5) is 27.0. The smallest absolute Gasteiger partial charge is 0.347 e. The van der Waals surface area contributed by atoms with Gasteiger partial charge in [-0.05, 0) is 24.1 Å². The number of hydrogen-bond acceptors (Lipinski definition) is 4. The fourth-order valence-electron chi connectivity index (χ4n) is 2.50. The first-order valence-corrected chi connectivity index (χ1v) is 7.21. The quantitative estimate of drug-likeness (QED) is 0.898. The van der Waals surface area contributed by atoms with Gasteiger partial charge in [-0.3, -0.25) is 9.36 Å². The molecule has 1 aliphatic rings. The number of rotatable bonds is 4. The minimum atomic E-state index is -0.424. The lowest BCUT2D eigenvalue weighted by atomic mass is 9.97. The third kappa shape index (κ3) is 3.33. The summed E-state index contributed by atoms with van der Waals surface area (Å²) in [5, 5.41) is 2.85. The second kappa shape index (κ2) is 6.43. The van der Waals surface area contributed by atoms with E-state index in [4.69, 9.17) is 4.74 Å². The Balaban J connectivity index is 1.52. The molecule has 0 aliphatic carbocycles. The Bertz CT molecular complexity index is 726. The predicted molar refractivity (Wildman–Crippen MR) is 80.6 cm³/mol. The van der Waals surface area contributed by atoms with Gasteiger partial charge in [0.2, 0.25) is 5.91 Å². The summed E-state index contributed by atoms with van der Waals surface area (Å²) in [6, 6.07) is 9.56. The third-order valence-corrected chi connectivity index (χ3v) is 3.64. The van der Waals surface area contributed by atoms with Crippen LogP contribution in [0.3, 0.4) is 0 Å². The molecule has 1 aliphatic heterocycles. The van der Waals surface area contributed by atoms with Crippen molar-refractivity contribution in [1.82, 2.24) is 14.9 Å². The highest BCUT2D eigenvalue weighted by Gasteiger charge is 2.19. The molecule has 1 aromatic carbocycles. The number of fused-ring (bicyclic) bond motifs is 1. The maximum atomic E-state index is 11.9. The average molecular weight is 299 g/mol. The maximum Gasteiger partial charge on any atom is 0.347 e. The Labute approximate surface area is 127 Å². The minimum absolute atomic E-state index is 0.0170. The molecule has 1 aromatic heterocycles. The van der Waals surface area contributed by atoms with E-state index in [1.807, 2.05) is 24.3 Å². The Morgan fingerprint density at radius 3 is 3.09 bits per heavy atom. The van der Waals surface area contributed by atoms with Crippen LogP contribution in [-0.4, -0.2) is 28.6 Å². The molecule has 0 saturated heterocycles. The van der Waals surface area contributed by atoms with E-state index in [1.54, 1.807) is 12.3 Å². The molecule has 3 rings (SSSR count). The summed E-state index contributed by atoms with van der Waals surface area (Å²) < 4.78 is 6.97. The van der Waals surface area contributed by atoms with Gasteiger partial charge in [0.05, 0.1) is 6.61 Å². The molecule has 1 amide bonds. The topological polar surface area (TPSA) is 73.2 Å². The molecule has 1 atom stereocenters. The molecule has 0 bridgehead atoms. The zero-order chi connectivity index (χ0) is 15.4. The van der Waals surface area contributed by atoms with Gasteiger partial charge in [-0.2, -0.15) is 0 Å². The Morgan fingerprint density at radius 1 is 1.36 bits per heavy atom. The predicted octanol–water partition coefficient (Wildman–Crippen LogP) is 0.611. The van der Waals surface area contributed by atoms with E-state index in [1.165, 1.54) is 10.8 Å². The Kier molecular flexibility index (Phi) is 4.18. The van der Waals surface area contributed by atoms with E-state index in [9.17, 15) is 9.59 Å². The van der Waals surface area contributed by atoms with Crippen LogP contribution in [0.4, 0.5) is 0 Å². The van der Waals surface area contributed by atoms with E-state index in [2.05, 4.69) is 10.3 Å². The summed E-state index contributed by atoms with van der Waals surface area (Å²) in [6.45, 7) is 1.10. The van der Waals surface area contributed by atoms with Crippen molar-refractivity contribution >= 4 is 5.91 Å². The fraction of sp³-hybridized carbons (Fsp3) is 0.312. The molecular formula is C16H17N3O3. The van der Waals surface area contributed by atoms with Crippen molar-refractivity contribution in [3.05, 3.63) is 58.8 Å². The molecule has 0 spiro atoms. The lowest BCUT2D eigenvalue weighted by molar-refractivity contribution is -0.122. The van der Waals surface area contributed by atoms with Gasteiger partial charge in [0.15, 0.2) is 0 Å². The number of carbonyl (C=O) groups excluding carboxylic acids is 1. The standard InChI is InChI=1S/C16H17N3O3/c20-15(10-19-7-3-6-17-16(19)21)18-9-12-8-13-4-1-2-5-14(13)22-11-12/h1-7,12H,8-11H2,(H,18,20). The van der Waals surface area contributed by atoms with Crippen LogP contribution in [0.15, 0.2) is 47.5 Å². The van der Waals surface area contributed by atoms with Crippen molar-refractivity contribution < 1.29 is 9.53 Å². The second-order valence-corrected chi connectivity index (χ2v) is 5.32. The van der Waals surface area contributed by atoms with E-state index < -0.39 is 5.69 Å².